The van der Waals surface area contributed by atoms with E-state index in [0.717, 1.165) is 75.6 Å². The molecule has 2 saturated carbocycles. The van der Waals surface area contributed by atoms with Gasteiger partial charge in [0.15, 0.2) is 11.6 Å². The first-order chi connectivity index (χ1) is 23.5. The molecule has 4 rings (SSSR count). The Morgan fingerprint density at radius 1 is 0.686 bits per heavy atom. The number of carbonyl (C=O) groups excluding carboxylic acids is 2. The van der Waals surface area contributed by atoms with Gasteiger partial charge in [0, 0.05) is 22.2 Å². The van der Waals surface area contributed by atoms with Crippen molar-refractivity contribution in [2.24, 2.45) is 5.73 Å². The topological polar surface area (TPSA) is 159 Å². The molecule has 2 fully saturated rings. The van der Waals surface area contributed by atoms with E-state index in [1.165, 1.54) is 31.2 Å². The summed E-state index contributed by atoms with van der Waals surface area (Å²) < 4.78 is 129. The molecule has 0 radical (unpaired) electrons. The Morgan fingerprint density at radius 2 is 1.04 bits per heavy atom. The molecule has 2 aromatic carbocycles. The highest BCUT2D eigenvalue weighted by atomic mass is 79.9. The predicted molar refractivity (Wildman–Crippen MR) is 180 cm³/mol. The van der Waals surface area contributed by atoms with Gasteiger partial charge in [-0.3, -0.25) is 9.59 Å². The van der Waals surface area contributed by atoms with Gasteiger partial charge in [0.05, 0.1) is 22.0 Å². The third kappa shape index (κ3) is 14.8. The average molecular weight is 840 g/mol. The van der Waals surface area contributed by atoms with Gasteiger partial charge in [-0.05, 0) is 114 Å². The molecule has 0 saturated heterocycles. The molecular weight excluding hydrogens is 798 g/mol. The van der Waals surface area contributed by atoms with Crippen molar-refractivity contribution in [3.63, 3.8) is 0 Å². The number of halogens is 7. The maximum atomic E-state index is 12.5. The summed E-state index contributed by atoms with van der Waals surface area (Å²) in [7, 11) is -10.5. The van der Waals surface area contributed by atoms with Gasteiger partial charge >= 0.3 is 11.0 Å². The molecule has 0 unspecified atom stereocenters. The molecule has 0 heterocycles. The smallest absolute Gasteiger partial charge is 0.382 e. The van der Waals surface area contributed by atoms with E-state index in [-0.39, 0.29) is 43.0 Å². The second kappa shape index (κ2) is 19.5. The van der Waals surface area contributed by atoms with Crippen molar-refractivity contribution in [1.29, 1.82) is 0 Å². The van der Waals surface area contributed by atoms with Crippen LogP contribution in [0.1, 0.15) is 65.2 Å². The summed E-state index contributed by atoms with van der Waals surface area (Å²) in [6.45, 7) is 3.39. The Morgan fingerprint density at radius 3 is 1.39 bits per heavy atom. The van der Waals surface area contributed by atoms with Crippen LogP contribution < -0.4 is 11.1 Å². The number of ketones is 2. The third-order valence-electron chi connectivity index (χ3n) is 7.71. The first kappa shape index (κ1) is 44.6. The molecule has 0 aliphatic heterocycles. The molecule has 2 aliphatic carbocycles. The number of anilines is 1. The monoisotopic (exact) mass is 838 g/mol. The number of carbonyl (C=O) groups is 2. The molecule has 19 heteroatoms. The van der Waals surface area contributed by atoms with E-state index in [1.54, 1.807) is 6.92 Å². The molecule has 51 heavy (non-hydrogen) atoms. The summed E-state index contributed by atoms with van der Waals surface area (Å²) in [5.41, 5.74) is -4.26. The van der Waals surface area contributed by atoms with Crippen molar-refractivity contribution < 1.29 is 62.2 Å². The van der Waals surface area contributed by atoms with Crippen LogP contribution in [0.25, 0.3) is 0 Å². The fraction of sp³-hybridized carbons (Fsp3) is 0.562. The highest BCUT2D eigenvalue weighted by Gasteiger charge is 2.47. The number of hydrogen-bond donors (Lipinski definition) is 2. The predicted octanol–water partition coefficient (Wildman–Crippen LogP) is 6.91. The van der Waals surface area contributed by atoms with Crippen LogP contribution in [-0.4, -0.2) is 76.9 Å². The minimum Gasteiger partial charge on any atom is -0.382 e. The zero-order chi connectivity index (χ0) is 38.6. The summed E-state index contributed by atoms with van der Waals surface area (Å²) >= 11 is 2.99. The highest BCUT2D eigenvalue weighted by molar-refractivity contribution is 9.10. The largest absolute Gasteiger partial charge is 0.501 e. The van der Waals surface area contributed by atoms with Crippen molar-refractivity contribution in [2.75, 3.05) is 18.5 Å². The molecule has 288 valence electrons. The maximum Gasteiger partial charge on any atom is 0.501 e. The molecule has 2 aliphatic rings. The van der Waals surface area contributed by atoms with Crippen molar-refractivity contribution in [1.82, 2.24) is 0 Å². The molecule has 0 aromatic heterocycles. The molecular formula is C32H41BrF6N2O8S2. The van der Waals surface area contributed by atoms with Gasteiger partial charge < -0.3 is 20.5 Å². The Kier molecular flexibility index (Phi) is 17.0. The second-order valence-corrected chi connectivity index (χ2v) is 16.9. The normalized spacial score (nSPS) is 21.3. The number of ether oxygens (including phenoxy) is 2. The fourth-order valence-electron chi connectivity index (χ4n) is 4.95. The van der Waals surface area contributed by atoms with E-state index in [4.69, 9.17) is 15.2 Å². The number of sulfone groups is 2. The van der Waals surface area contributed by atoms with Crippen LogP contribution in [0.5, 0.6) is 0 Å². The van der Waals surface area contributed by atoms with Crippen LogP contribution in [0.3, 0.4) is 0 Å². The fourth-order valence-corrected chi connectivity index (χ4v) is 6.73. The third-order valence-corrected chi connectivity index (χ3v) is 11.2. The highest BCUT2D eigenvalue weighted by Crippen LogP contribution is 2.32. The van der Waals surface area contributed by atoms with Gasteiger partial charge in [0.25, 0.3) is 19.7 Å². The van der Waals surface area contributed by atoms with Crippen molar-refractivity contribution in [2.45, 2.75) is 110 Å². The number of hydrogen-bond acceptors (Lipinski definition) is 10. The van der Waals surface area contributed by atoms with Gasteiger partial charge in [0.1, 0.15) is 13.2 Å². The van der Waals surface area contributed by atoms with E-state index in [0.29, 0.717) is 16.2 Å². The summed E-state index contributed by atoms with van der Waals surface area (Å²) in [6.07, 6.45) is 7.55. The number of alkyl halides is 6. The molecule has 2 aromatic rings. The van der Waals surface area contributed by atoms with E-state index in [1.807, 2.05) is 0 Å². The minimum atomic E-state index is -5.32. The zero-order valence-corrected chi connectivity index (χ0v) is 31.0. The van der Waals surface area contributed by atoms with Gasteiger partial charge in [-0.15, -0.1) is 0 Å². The second-order valence-electron chi connectivity index (χ2n) is 12.1. The molecule has 10 nitrogen and oxygen atoms in total. The standard InChI is InChI=1S/C16H20F3NO4S.C9H17NO2.C7H4BrF3O2S/c1-11(21)10-24-14-6-2-12(3-7-14)20-13-4-8-15(9-5-13)25(22,23)16(17,18)19;1-7(11)6-12-9-4-2-8(10)3-5-9;8-5-1-3-6(4-2-5)14(12,13)7(9,10)11/h4-5,8-9,12,14,20H,2-3,6-7,10H2,1H3;8-9H,2-6,10H2,1H3;1-4H. The average Bonchev–Trinajstić information content (AvgIpc) is 3.04. The van der Waals surface area contributed by atoms with Gasteiger partial charge in [-0.2, -0.15) is 26.3 Å². The van der Waals surface area contributed by atoms with Crippen molar-refractivity contribution in [3.8, 4) is 0 Å². The Bertz CT molecular complexity index is 1620. The number of rotatable bonds is 10. The lowest BCUT2D eigenvalue weighted by atomic mass is 9.92. The maximum absolute atomic E-state index is 12.5. The Balaban J connectivity index is 0.000000292. The summed E-state index contributed by atoms with van der Waals surface area (Å²) in [5, 5.41) is 3.19. The summed E-state index contributed by atoms with van der Waals surface area (Å²) in [5.74, 6) is 0.0824. The Labute approximate surface area is 301 Å². The first-order valence-corrected chi connectivity index (χ1v) is 19.5. The van der Waals surface area contributed by atoms with Crippen molar-refractivity contribution in [3.05, 3.63) is 53.0 Å². The minimum absolute atomic E-state index is 0.0193. The molecule has 0 amide bonds. The summed E-state index contributed by atoms with van der Waals surface area (Å²) in [4.78, 5) is 20.0. The van der Waals surface area contributed by atoms with Crippen LogP contribution in [0.15, 0.2) is 62.8 Å². The van der Waals surface area contributed by atoms with Crippen LogP contribution in [0, 0.1) is 0 Å². The number of nitrogens with one attached hydrogen (secondary N) is 1. The lowest BCUT2D eigenvalue weighted by Gasteiger charge is -2.29. The van der Waals surface area contributed by atoms with E-state index in [2.05, 4.69) is 21.2 Å². The van der Waals surface area contributed by atoms with Gasteiger partial charge in [0.2, 0.25) is 0 Å². The quantitative estimate of drug-likeness (QED) is 0.241. The molecule has 3 N–H and O–H groups in total. The lowest BCUT2D eigenvalue weighted by Crippen LogP contribution is -2.31. The zero-order valence-electron chi connectivity index (χ0n) is 27.8. The van der Waals surface area contributed by atoms with Gasteiger partial charge in [-0.1, -0.05) is 15.9 Å². The molecule has 0 atom stereocenters. The SMILES string of the molecule is CC(=O)COC1CCC(N)CC1.CC(=O)COC1CCC(Nc2ccc(S(=O)(=O)C(F)(F)F)cc2)CC1.O=S(=O)(c1ccc(Br)cc1)C(F)(F)F. The summed E-state index contributed by atoms with van der Waals surface area (Å²) in [6, 6.07) is 9.30. The number of nitrogens with two attached hydrogens (primary N) is 1. The first-order valence-electron chi connectivity index (χ1n) is 15.8. The van der Waals surface area contributed by atoms with E-state index in [9.17, 15) is 52.8 Å². The van der Waals surface area contributed by atoms with Crippen LogP contribution >= 0.6 is 15.9 Å². The van der Waals surface area contributed by atoms with Crippen LogP contribution in [-0.2, 0) is 38.7 Å². The Hall–Kier alpha value is -2.58. The van der Waals surface area contributed by atoms with Crippen LogP contribution in [0.4, 0.5) is 32.0 Å². The molecule has 0 spiro atoms. The number of Topliss-reactive ketones (excluding diaryl/α,β-unsaturated/α-hetero) is 2. The molecule has 0 bridgehead atoms. The van der Waals surface area contributed by atoms with E-state index < -0.39 is 40.5 Å². The van der Waals surface area contributed by atoms with Gasteiger partial charge in [-0.25, -0.2) is 16.8 Å². The van der Waals surface area contributed by atoms with Crippen molar-refractivity contribution >= 4 is 52.9 Å². The van der Waals surface area contributed by atoms with E-state index >= 15 is 0 Å². The van der Waals surface area contributed by atoms with Crippen LogP contribution in [0.2, 0.25) is 0 Å². The number of benzene rings is 2. The lowest BCUT2D eigenvalue weighted by molar-refractivity contribution is -0.124.